The fourth-order valence-corrected chi connectivity index (χ4v) is 0.783. The molecule has 1 aliphatic heterocycles. The number of nitrogens with two attached hydrogens (primary N) is 1. The zero-order chi connectivity index (χ0) is 8.85. The highest BCUT2D eigenvalue weighted by atomic mass is 16.2. The van der Waals surface area contributed by atoms with Crippen LogP contribution in [0.3, 0.4) is 0 Å². The summed E-state index contributed by atoms with van der Waals surface area (Å²) in [5.74, 6) is 0. The van der Waals surface area contributed by atoms with Crippen molar-refractivity contribution in [1.82, 2.24) is 9.80 Å². The molecular formula is C6H13N3O2. The Morgan fingerprint density at radius 3 is 1.73 bits per heavy atom. The molecule has 0 aromatic heterocycles. The Bertz CT molecular complexity index is 137. The monoisotopic (exact) mass is 159 g/mol. The second-order valence-corrected chi connectivity index (χ2v) is 2.26. The van der Waals surface area contributed by atoms with Gasteiger partial charge in [0.15, 0.2) is 0 Å². The Kier molecular flexibility index (Phi) is 4.02. The van der Waals surface area contributed by atoms with E-state index < -0.39 is 0 Å². The summed E-state index contributed by atoms with van der Waals surface area (Å²) in [5.41, 5.74) is 4.17. The summed E-state index contributed by atoms with van der Waals surface area (Å²) in [6.07, 6.45) is 0.250. The molecule has 1 saturated heterocycles. The number of urea groups is 1. The number of rotatable bonds is 0. The highest BCUT2D eigenvalue weighted by Crippen LogP contribution is 2.00. The van der Waals surface area contributed by atoms with Gasteiger partial charge >= 0.3 is 6.03 Å². The van der Waals surface area contributed by atoms with Crippen LogP contribution >= 0.6 is 0 Å². The minimum Gasteiger partial charge on any atom is -0.372 e. The van der Waals surface area contributed by atoms with Gasteiger partial charge in [0.2, 0.25) is 6.41 Å². The molecule has 5 nitrogen and oxygen atoms in total. The van der Waals surface area contributed by atoms with Crippen molar-refractivity contribution in [2.75, 3.05) is 27.2 Å². The molecule has 2 N–H and O–H groups in total. The van der Waals surface area contributed by atoms with Gasteiger partial charge in [-0.2, -0.15) is 0 Å². The molecule has 0 bridgehead atoms. The first-order valence-electron chi connectivity index (χ1n) is 3.25. The van der Waals surface area contributed by atoms with Crippen molar-refractivity contribution >= 4 is 12.4 Å². The molecule has 1 rings (SSSR count). The number of hydrogen-bond donors (Lipinski definition) is 1. The van der Waals surface area contributed by atoms with Crippen molar-refractivity contribution in [2.45, 2.75) is 0 Å². The van der Waals surface area contributed by atoms with Gasteiger partial charge in [0.25, 0.3) is 0 Å². The normalized spacial score (nSPS) is 16.0. The maximum Gasteiger partial charge on any atom is 0.319 e. The van der Waals surface area contributed by atoms with E-state index in [0.717, 1.165) is 13.1 Å². The largest absolute Gasteiger partial charge is 0.372 e. The molecule has 5 heteroatoms. The van der Waals surface area contributed by atoms with Crippen molar-refractivity contribution in [2.24, 2.45) is 5.73 Å². The van der Waals surface area contributed by atoms with E-state index in [2.05, 4.69) is 5.73 Å². The van der Waals surface area contributed by atoms with Crippen molar-refractivity contribution in [3.63, 3.8) is 0 Å². The third-order valence-electron chi connectivity index (χ3n) is 1.42. The highest BCUT2D eigenvalue weighted by Gasteiger charge is 2.20. The molecule has 0 aromatic carbocycles. The van der Waals surface area contributed by atoms with Crippen LogP contribution in [0, 0.1) is 0 Å². The number of carbonyl (C=O) groups is 2. The van der Waals surface area contributed by atoms with Gasteiger partial charge in [-0.15, -0.1) is 0 Å². The van der Waals surface area contributed by atoms with Crippen molar-refractivity contribution in [3.8, 4) is 0 Å². The predicted octanol–water partition coefficient (Wildman–Crippen LogP) is -0.915. The SMILES string of the molecule is CN1CCN(C)C1=O.NC=O. The molecule has 64 valence electrons. The number of carbonyl (C=O) groups excluding carboxylic acids is 2. The second kappa shape index (κ2) is 4.54. The number of nitrogens with zero attached hydrogens (tertiary/aromatic N) is 2. The lowest BCUT2D eigenvalue weighted by Crippen LogP contribution is -2.25. The van der Waals surface area contributed by atoms with Crippen LogP contribution in [0.25, 0.3) is 0 Å². The Labute approximate surface area is 65.7 Å². The molecule has 1 heterocycles. The Morgan fingerprint density at radius 2 is 1.64 bits per heavy atom. The van der Waals surface area contributed by atoms with Crippen molar-refractivity contribution < 1.29 is 9.59 Å². The van der Waals surface area contributed by atoms with Gasteiger partial charge in [-0.05, 0) is 0 Å². The van der Waals surface area contributed by atoms with Gasteiger partial charge in [0.1, 0.15) is 0 Å². The molecule has 1 fully saturated rings. The molecule has 0 spiro atoms. The quantitative estimate of drug-likeness (QED) is 0.465. The maximum absolute atomic E-state index is 10.8. The summed E-state index contributed by atoms with van der Waals surface area (Å²) < 4.78 is 0. The number of hydrogen-bond acceptors (Lipinski definition) is 2. The summed E-state index contributed by atoms with van der Waals surface area (Å²) in [5, 5.41) is 0. The standard InChI is InChI=1S/C5H10N2O.CH3NO/c1-6-3-4-7(2)5(6)8;2-1-3/h3-4H2,1-2H3;1H,(H2,2,3). The summed E-state index contributed by atoms with van der Waals surface area (Å²) in [4.78, 5) is 22.8. The van der Waals surface area contributed by atoms with Crippen molar-refractivity contribution in [1.29, 1.82) is 0 Å². The van der Waals surface area contributed by atoms with Crippen LogP contribution in [0.15, 0.2) is 0 Å². The third-order valence-corrected chi connectivity index (χ3v) is 1.42. The fraction of sp³-hybridized carbons (Fsp3) is 0.667. The highest BCUT2D eigenvalue weighted by molar-refractivity contribution is 5.75. The number of primary amides is 1. The van der Waals surface area contributed by atoms with E-state index in [4.69, 9.17) is 4.79 Å². The maximum atomic E-state index is 10.8. The second-order valence-electron chi connectivity index (χ2n) is 2.26. The first-order valence-corrected chi connectivity index (χ1v) is 3.25. The van der Waals surface area contributed by atoms with Crippen LogP contribution in [-0.2, 0) is 4.79 Å². The zero-order valence-electron chi connectivity index (χ0n) is 6.78. The molecule has 1 aliphatic rings. The van der Waals surface area contributed by atoms with E-state index in [1.807, 2.05) is 14.1 Å². The van der Waals surface area contributed by atoms with Crippen LogP contribution in [0.2, 0.25) is 0 Å². The summed E-state index contributed by atoms with van der Waals surface area (Å²) in [6.45, 7) is 1.74. The van der Waals surface area contributed by atoms with Gasteiger partial charge < -0.3 is 15.5 Å². The summed E-state index contributed by atoms with van der Waals surface area (Å²) in [6, 6.07) is 0.130. The minimum atomic E-state index is 0.130. The molecule has 0 aliphatic carbocycles. The average molecular weight is 159 g/mol. The zero-order valence-corrected chi connectivity index (χ0v) is 6.78. The third kappa shape index (κ3) is 2.88. The number of amides is 3. The number of likely N-dealkylation sites (N-methyl/N-ethyl adjacent to an activating group) is 2. The smallest absolute Gasteiger partial charge is 0.319 e. The summed E-state index contributed by atoms with van der Waals surface area (Å²) in [7, 11) is 3.62. The molecule has 0 atom stereocenters. The van der Waals surface area contributed by atoms with E-state index in [-0.39, 0.29) is 12.4 Å². The van der Waals surface area contributed by atoms with E-state index >= 15 is 0 Å². The topological polar surface area (TPSA) is 66.6 Å². The first-order chi connectivity index (χ1) is 5.13. The van der Waals surface area contributed by atoms with Crippen molar-refractivity contribution in [3.05, 3.63) is 0 Å². The van der Waals surface area contributed by atoms with Gasteiger partial charge in [0, 0.05) is 27.2 Å². The Hall–Kier alpha value is -1.26. The van der Waals surface area contributed by atoms with Gasteiger partial charge in [-0.1, -0.05) is 0 Å². The average Bonchev–Trinajstić information content (AvgIpc) is 2.22. The van der Waals surface area contributed by atoms with Crippen LogP contribution in [0.4, 0.5) is 4.79 Å². The van der Waals surface area contributed by atoms with Gasteiger partial charge in [-0.3, -0.25) is 4.79 Å². The van der Waals surface area contributed by atoms with E-state index in [1.54, 1.807) is 9.80 Å². The van der Waals surface area contributed by atoms with Gasteiger partial charge in [-0.25, -0.2) is 4.79 Å². The van der Waals surface area contributed by atoms with Crippen LogP contribution in [0.1, 0.15) is 0 Å². The molecule has 0 aromatic rings. The van der Waals surface area contributed by atoms with E-state index in [9.17, 15) is 4.79 Å². The Morgan fingerprint density at radius 1 is 1.36 bits per heavy atom. The lowest BCUT2D eigenvalue weighted by atomic mass is 10.6. The first kappa shape index (κ1) is 9.74. The van der Waals surface area contributed by atoms with E-state index in [0.29, 0.717) is 0 Å². The molecule has 3 amide bonds. The summed E-state index contributed by atoms with van der Waals surface area (Å²) >= 11 is 0. The molecule has 0 saturated carbocycles. The minimum absolute atomic E-state index is 0.130. The molecular weight excluding hydrogens is 146 g/mol. The van der Waals surface area contributed by atoms with Gasteiger partial charge in [0.05, 0.1) is 0 Å². The van der Waals surface area contributed by atoms with Crippen LogP contribution in [-0.4, -0.2) is 49.4 Å². The lowest BCUT2D eigenvalue weighted by molar-refractivity contribution is -0.106. The Balaban J connectivity index is 0.000000292. The lowest BCUT2D eigenvalue weighted by Gasteiger charge is -2.07. The predicted molar refractivity (Wildman–Crippen MR) is 40.9 cm³/mol. The molecule has 11 heavy (non-hydrogen) atoms. The fourth-order valence-electron chi connectivity index (χ4n) is 0.783. The molecule has 0 radical (unpaired) electrons. The van der Waals surface area contributed by atoms with E-state index in [1.165, 1.54) is 0 Å². The molecule has 0 unspecified atom stereocenters. The van der Waals surface area contributed by atoms with Crippen LogP contribution < -0.4 is 5.73 Å². The van der Waals surface area contributed by atoms with Crippen LogP contribution in [0.5, 0.6) is 0 Å².